The summed E-state index contributed by atoms with van der Waals surface area (Å²) in [7, 11) is 0. The number of nitrogens with zero attached hydrogens (tertiary/aromatic N) is 1. The van der Waals surface area contributed by atoms with Crippen LogP contribution in [-0.2, 0) is 5.60 Å². The van der Waals surface area contributed by atoms with Gasteiger partial charge >= 0.3 is 6.03 Å². The Morgan fingerprint density at radius 1 is 1.29 bits per heavy atom. The summed E-state index contributed by atoms with van der Waals surface area (Å²) in [5, 5.41) is 22.4. The highest BCUT2D eigenvalue weighted by Gasteiger charge is 2.26. The molecule has 0 aliphatic carbocycles. The number of benzene rings is 1. The molecule has 0 aliphatic heterocycles. The largest absolute Gasteiger partial charge is 0.466 e. The van der Waals surface area contributed by atoms with Crippen molar-refractivity contribution in [3.63, 3.8) is 0 Å². The first kappa shape index (κ1) is 15.8. The molecular formula is C17H18N4O3. The molecule has 3 rings (SSSR count). The highest BCUT2D eigenvalue weighted by Crippen LogP contribution is 2.20. The fraction of sp³-hybridized carbons (Fsp3) is 0.176. The van der Waals surface area contributed by atoms with Crippen molar-refractivity contribution in [2.24, 2.45) is 0 Å². The van der Waals surface area contributed by atoms with Crippen molar-refractivity contribution in [1.29, 1.82) is 0 Å². The van der Waals surface area contributed by atoms with E-state index in [1.54, 1.807) is 37.4 Å². The summed E-state index contributed by atoms with van der Waals surface area (Å²) in [5.74, 6) is 0.395. The van der Waals surface area contributed by atoms with Crippen molar-refractivity contribution in [1.82, 2.24) is 15.5 Å². The number of aliphatic hydroxyl groups is 1. The SMILES string of the molecule is CC(O)(CNC(=O)Nc1ccc(-c2ccn[nH]2)cc1)c1ccco1. The number of hydrogen-bond donors (Lipinski definition) is 4. The van der Waals surface area contributed by atoms with Gasteiger partial charge in [0.2, 0.25) is 0 Å². The number of H-pyrrole nitrogens is 1. The monoisotopic (exact) mass is 326 g/mol. The first-order valence-electron chi connectivity index (χ1n) is 7.46. The highest BCUT2D eigenvalue weighted by molar-refractivity contribution is 5.89. The zero-order valence-electron chi connectivity index (χ0n) is 13.1. The molecule has 3 aromatic rings. The van der Waals surface area contributed by atoms with Gasteiger partial charge in [0.25, 0.3) is 0 Å². The average molecular weight is 326 g/mol. The number of anilines is 1. The molecule has 7 nitrogen and oxygen atoms in total. The van der Waals surface area contributed by atoms with Gasteiger partial charge in [-0.25, -0.2) is 4.79 Å². The summed E-state index contributed by atoms with van der Waals surface area (Å²) in [4.78, 5) is 12.0. The Kier molecular flexibility index (Phi) is 4.35. The van der Waals surface area contributed by atoms with Crippen LogP contribution >= 0.6 is 0 Å². The molecule has 0 saturated heterocycles. The van der Waals surface area contributed by atoms with Gasteiger partial charge in [0.15, 0.2) is 0 Å². The second-order valence-electron chi connectivity index (χ2n) is 5.61. The van der Waals surface area contributed by atoms with Gasteiger partial charge in [-0.2, -0.15) is 5.10 Å². The van der Waals surface area contributed by atoms with Crippen molar-refractivity contribution < 1.29 is 14.3 Å². The molecular weight excluding hydrogens is 308 g/mol. The molecule has 24 heavy (non-hydrogen) atoms. The third-order valence-electron chi connectivity index (χ3n) is 3.60. The maximum absolute atomic E-state index is 12.0. The molecule has 7 heteroatoms. The number of aromatic amines is 1. The van der Waals surface area contributed by atoms with Gasteiger partial charge in [-0.3, -0.25) is 5.10 Å². The number of amides is 2. The number of urea groups is 1. The van der Waals surface area contributed by atoms with Crippen molar-refractivity contribution in [2.45, 2.75) is 12.5 Å². The summed E-state index contributed by atoms with van der Waals surface area (Å²) in [6.45, 7) is 1.60. The van der Waals surface area contributed by atoms with Crippen LogP contribution in [0.4, 0.5) is 10.5 Å². The predicted molar refractivity (Wildman–Crippen MR) is 89.3 cm³/mol. The number of nitrogens with one attached hydrogen (secondary N) is 3. The fourth-order valence-electron chi connectivity index (χ4n) is 2.25. The van der Waals surface area contributed by atoms with Crippen LogP contribution in [0.3, 0.4) is 0 Å². The van der Waals surface area contributed by atoms with Crippen molar-refractivity contribution >= 4 is 11.7 Å². The minimum Gasteiger partial charge on any atom is -0.466 e. The normalized spacial score (nSPS) is 13.2. The van der Waals surface area contributed by atoms with E-state index in [0.29, 0.717) is 11.4 Å². The van der Waals surface area contributed by atoms with Crippen molar-refractivity contribution in [2.75, 3.05) is 11.9 Å². The molecule has 0 radical (unpaired) electrons. The van der Waals surface area contributed by atoms with Crippen LogP contribution in [0, 0.1) is 0 Å². The zero-order valence-corrected chi connectivity index (χ0v) is 13.1. The molecule has 0 fully saturated rings. The van der Waals surface area contributed by atoms with Crippen LogP contribution in [0.15, 0.2) is 59.3 Å². The summed E-state index contributed by atoms with van der Waals surface area (Å²) < 4.78 is 5.17. The summed E-state index contributed by atoms with van der Waals surface area (Å²) in [5.41, 5.74) is 1.25. The lowest BCUT2D eigenvalue weighted by Crippen LogP contribution is -2.40. The number of rotatable bonds is 5. The van der Waals surface area contributed by atoms with Crippen LogP contribution in [0.2, 0.25) is 0 Å². The van der Waals surface area contributed by atoms with Gasteiger partial charge in [-0.15, -0.1) is 0 Å². The first-order chi connectivity index (χ1) is 11.5. The van der Waals surface area contributed by atoms with Crippen LogP contribution in [0.5, 0.6) is 0 Å². The molecule has 0 saturated carbocycles. The van der Waals surface area contributed by atoms with Crippen LogP contribution in [0.25, 0.3) is 11.3 Å². The molecule has 2 amide bonds. The van der Waals surface area contributed by atoms with E-state index in [0.717, 1.165) is 11.3 Å². The third-order valence-corrected chi connectivity index (χ3v) is 3.60. The molecule has 0 spiro atoms. The Morgan fingerprint density at radius 3 is 2.71 bits per heavy atom. The Labute approximate surface area is 138 Å². The van der Waals surface area contributed by atoms with E-state index in [2.05, 4.69) is 20.8 Å². The van der Waals surface area contributed by atoms with Crippen molar-refractivity contribution in [3.05, 3.63) is 60.7 Å². The molecule has 1 unspecified atom stereocenters. The predicted octanol–water partition coefficient (Wildman–Crippen LogP) is 2.70. The molecule has 4 N–H and O–H groups in total. The van der Waals surface area contributed by atoms with Gasteiger partial charge in [0, 0.05) is 11.9 Å². The van der Waals surface area contributed by atoms with E-state index in [4.69, 9.17) is 4.42 Å². The number of aromatic nitrogens is 2. The molecule has 124 valence electrons. The lowest BCUT2D eigenvalue weighted by atomic mass is 10.0. The summed E-state index contributed by atoms with van der Waals surface area (Å²) in [6.07, 6.45) is 3.16. The molecule has 0 aliphatic rings. The molecule has 2 aromatic heterocycles. The third kappa shape index (κ3) is 3.64. The van der Waals surface area contributed by atoms with E-state index in [1.807, 2.05) is 18.2 Å². The number of hydrogen-bond acceptors (Lipinski definition) is 4. The van der Waals surface area contributed by atoms with Gasteiger partial charge in [0.1, 0.15) is 11.4 Å². The maximum atomic E-state index is 12.0. The Morgan fingerprint density at radius 2 is 2.08 bits per heavy atom. The van der Waals surface area contributed by atoms with Crippen LogP contribution < -0.4 is 10.6 Å². The average Bonchev–Trinajstić information content (AvgIpc) is 3.27. The van der Waals surface area contributed by atoms with E-state index in [-0.39, 0.29) is 6.54 Å². The van der Waals surface area contributed by atoms with E-state index in [9.17, 15) is 9.90 Å². The van der Waals surface area contributed by atoms with E-state index in [1.165, 1.54) is 6.26 Å². The second-order valence-corrected chi connectivity index (χ2v) is 5.61. The van der Waals surface area contributed by atoms with Gasteiger partial charge in [0.05, 0.1) is 18.5 Å². The quantitative estimate of drug-likeness (QED) is 0.579. The van der Waals surface area contributed by atoms with Crippen LogP contribution in [0.1, 0.15) is 12.7 Å². The van der Waals surface area contributed by atoms with Gasteiger partial charge in [-0.05, 0) is 42.8 Å². The first-order valence-corrected chi connectivity index (χ1v) is 7.46. The van der Waals surface area contributed by atoms with Crippen molar-refractivity contribution in [3.8, 4) is 11.3 Å². The maximum Gasteiger partial charge on any atom is 0.319 e. The molecule has 1 aromatic carbocycles. The molecule has 0 bridgehead atoms. The Bertz CT molecular complexity index is 778. The summed E-state index contributed by atoms with van der Waals surface area (Å²) in [6, 6.07) is 12.1. The van der Waals surface area contributed by atoms with Crippen LogP contribution in [-0.4, -0.2) is 27.9 Å². The van der Waals surface area contributed by atoms with Gasteiger partial charge in [-0.1, -0.05) is 12.1 Å². The highest BCUT2D eigenvalue weighted by atomic mass is 16.4. The smallest absolute Gasteiger partial charge is 0.319 e. The standard InChI is InChI=1S/C17H18N4O3/c1-17(23,15-3-2-10-24-15)11-18-16(22)20-13-6-4-12(5-7-13)14-8-9-19-21-14/h2-10,23H,11H2,1H3,(H,19,21)(H2,18,20,22). The molecule has 1 atom stereocenters. The second kappa shape index (κ2) is 6.59. The van der Waals surface area contributed by atoms with E-state index >= 15 is 0 Å². The minimum atomic E-state index is -1.27. The van der Waals surface area contributed by atoms with Gasteiger partial charge < -0.3 is 20.2 Å². The Hall–Kier alpha value is -3.06. The summed E-state index contributed by atoms with van der Waals surface area (Å²) >= 11 is 0. The zero-order chi connectivity index (χ0) is 17.0. The van der Waals surface area contributed by atoms with E-state index < -0.39 is 11.6 Å². The Balaban J connectivity index is 1.55. The minimum absolute atomic E-state index is 0.0264. The topological polar surface area (TPSA) is 103 Å². The lowest BCUT2D eigenvalue weighted by molar-refractivity contribution is 0.0372. The number of carbonyl (C=O) groups excluding carboxylic acids is 1. The number of furan rings is 1. The lowest BCUT2D eigenvalue weighted by Gasteiger charge is -2.21. The molecule has 2 heterocycles. The number of carbonyl (C=O) groups is 1. The fourth-order valence-corrected chi connectivity index (χ4v) is 2.25.